The highest BCUT2D eigenvalue weighted by Gasteiger charge is 2.24. The van der Waals surface area contributed by atoms with Crippen molar-refractivity contribution >= 4 is 45.5 Å². The molecule has 8 nitrogen and oxygen atoms in total. The Morgan fingerprint density at radius 3 is 2.38 bits per heavy atom. The molecule has 0 bridgehead atoms. The Labute approximate surface area is 224 Å². The van der Waals surface area contributed by atoms with Gasteiger partial charge < -0.3 is 15.4 Å². The van der Waals surface area contributed by atoms with Crippen LogP contribution < -0.4 is 5.73 Å². The average molecular weight is 540 g/mol. The van der Waals surface area contributed by atoms with Crippen LogP contribution in [0, 0.1) is 0 Å². The number of benzene rings is 2. The number of nitrogens with zero attached hydrogens (tertiary/aromatic N) is 4. The Balaban J connectivity index is 0.000000225. The molecule has 1 atom stereocenters. The van der Waals surface area contributed by atoms with Crippen molar-refractivity contribution in [1.29, 1.82) is 0 Å². The largest absolute Gasteiger partial charge is 0.444 e. The van der Waals surface area contributed by atoms with E-state index in [1.807, 2.05) is 75.4 Å². The van der Waals surface area contributed by atoms with Gasteiger partial charge in [-0.2, -0.15) is 0 Å². The van der Waals surface area contributed by atoms with E-state index < -0.39 is 11.0 Å². The fraction of sp³-hybridized carbons (Fsp3) is 0.296. The molecular formula is C27H30ClN5O3S. The molecule has 5 rings (SSSR count). The molecule has 3 heterocycles. The van der Waals surface area contributed by atoms with Crippen molar-refractivity contribution in [2.45, 2.75) is 44.1 Å². The molecule has 4 aromatic rings. The fourth-order valence-corrected chi connectivity index (χ4v) is 5.27. The Hall–Kier alpha value is -3.43. The molecule has 10 heteroatoms. The first-order valence-electron chi connectivity index (χ1n) is 12.0. The van der Waals surface area contributed by atoms with E-state index in [0.717, 1.165) is 42.4 Å². The molecule has 1 aliphatic rings. The third kappa shape index (κ3) is 6.47. The van der Waals surface area contributed by atoms with Crippen LogP contribution in [0.5, 0.6) is 0 Å². The summed E-state index contributed by atoms with van der Waals surface area (Å²) in [6.45, 7) is 7.38. The van der Waals surface area contributed by atoms with Gasteiger partial charge in [0.2, 0.25) is 5.95 Å². The summed E-state index contributed by atoms with van der Waals surface area (Å²) in [4.78, 5) is 22.0. The third-order valence-electron chi connectivity index (χ3n) is 5.58. The first-order chi connectivity index (χ1) is 17.6. The van der Waals surface area contributed by atoms with Crippen molar-refractivity contribution in [2.24, 2.45) is 0 Å². The monoisotopic (exact) mass is 539 g/mol. The fourth-order valence-electron chi connectivity index (χ4n) is 3.92. The van der Waals surface area contributed by atoms with E-state index in [1.165, 1.54) is 6.20 Å². The van der Waals surface area contributed by atoms with Crippen LogP contribution in [0.1, 0.15) is 33.6 Å². The lowest BCUT2D eigenvalue weighted by molar-refractivity contribution is 0.0295. The van der Waals surface area contributed by atoms with E-state index in [2.05, 4.69) is 9.97 Å². The number of para-hydroxylation sites is 1. The molecule has 1 unspecified atom stereocenters. The summed E-state index contributed by atoms with van der Waals surface area (Å²) in [6, 6.07) is 17.0. The lowest BCUT2D eigenvalue weighted by atomic mass is 10.1. The van der Waals surface area contributed by atoms with Gasteiger partial charge in [-0.1, -0.05) is 48.0 Å². The highest BCUT2D eigenvalue weighted by atomic mass is 35.5. The SMILES string of the molecule is CC(C)(C)OC(=O)N1CCCC1.Nc1ncc(Cl)c(-c2cn(S(=O)c3ccccc3)c3ccccc23)n1. The van der Waals surface area contributed by atoms with Crippen LogP contribution in [0.15, 0.2) is 71.9 Å². The van der Waals surface area contributed by atoms with Crippen molar-refractivity contribution in [2.75, 3.05) is 18.8 Å². The molecular weight excluding hydrogens is 510 g/mol. The maximum absolute atomic E-state index is 13.0. The highest BCUT2D eigenvalue weighted by molar-refractivity contribution is 7.83. The Morgan fingerprint density at radius 2 is 1.70 bits per heavy atom. The van der Waals surface area contributed by atoms with E-state index in [9.17, 15) is 9.00 Å². The van der Waals surface area contributed by atoms with Crippen LogP contribution in [-0.2, 0) is 15.7 Å². The summed E-state index contributed by atoms with van der Waals surface area (Å²) in [5.41, 5.74) is 7.47. The van der Waals surface area contributed by atoms with Gasteiger partial charge in [-0.25, -0.2) is 19.0 Å². The summed E-state index contributed by atoms with van der Waals surface area (Å²) >= 11 is 6.27. The molecule has 194 valence electrons. The minimum Gasteiger partial charge on any atom is -0.444 e. The number of amides is 1. The number of fused-ring (bicyclic) bond motifs is 1. The number of carbonyl (C=O) groups excluding carboxylic acids is 1. The molecule has 2 aromatic carbocycles. The topological polar surface area (TPSA) is 103 Å². The minimum absolute atomic E-state index is 0.139. The number of aromatic nitrogens is 3. The van der Waals surface area contributed by atoms with E-state index >= 15 is 0 Å². The molecule has 1 amide bonds. The molecule has 2 N–H and O–H groups in total. The van der Waals surface area contributed by atoms with Crippen LogP contribution >= 0.6 is 11.6 Å². The maximum atomic E-state index is 13.0. The van der Waals surface area contributed by atoms with Crippen LogP contribution in [0.3, 0.4) is 0 Å². The number of ether oxygens (including phenoxy) is 1. The van der Waals surface area contributed by atoms with Crippen molar-refractivity contribution < 1.29 is 13.7 Å². The standard InChI is InChI=1S/C18H13ClN4OS.C9H17NO2/c19-15-10-21-18(20)22-17(15)14-11-23(16-9-5-4-8-13(14)16)25(24)12-6-2-1-3-7-12;1-9(2,3)12-8(11)10-6-4-5-7-10/h1-11H,(H2,20,21,22);4-7H2,1-3H3. The number of nitrogen functional groups attached to an aromatic ring is 1. The molecule has 0 radical (unpaired) electrons. The molecule has 1 fully saturated rings. The van der Waals surface area contributed by atoms with E-state index in [4.69, 9.17) is 22.1 Å². The van der Waals surface area contributed by atoms with Gasteiger partial charge in [0, 0.05) is 30.2 Å². The van der Waals surface area contributed by atoms with Gasteiger partial charge in [0.15, 0.2) is 11.0 Å². The normalized spacial score (nSPS) is 14.2. The number of carbonyl (C=O) groups is 1. The van der Waals surface area contributed by atoms with Gasteiger partial charge in [-0.15, -0.1) is 0 Å². The minimum atomic E-state index is -1.39. The second-order valence-electron chi connectivity index (χ2n) is 9.55. The second-order valence-corrected chi connectivity index (χ2v) is 11.3. The van der Waals surface area contributed by atoms with Crippen LogP contribution in [0.25, 0.3) is 22.2 Å². The molecule has 0 spiro atoms. The first kappa shape index (κ1) is 26.6. The first-order valence-corrected chi connectivity index (χ1v) is 13.5. The Kier molecular flexibility index (Phi) is 8.14. The van der Waals surface area contributed by atoms with Gasteiger partial charge in [0.25, 0.3) is 0 Å². The quantitative estimate of drug-likeness (QED) is 0.346. The van der Waals surface area contributed by atoms with Crippen LogP contribution in [-0.4, -0.2) is 47.8 Å². The number of anilines is 1. The van der Waals surface area contributed by atoms with E-state index in [1.54, 1.807) is 15.1 Å². The molecule has 1 aliphatic heterocycles. The number of rotatable bonds is 3. The molecule has 2 aromatic heterocycles. The number of halogens is 1. The van der Waals surface area contributed by atoms with E-state index in [0.29, 0.717) is 15.6 Å². The van der Waals surface area contributed by atoms with Gasteiger partial charge in [-0.3, -0.25) is 3.97 Å². The average Bonchev–Trinajstić information content (AvgIpc) is 3.54. The predicted molar refractivity (Wildman–Crippen MR) is 148 cm³/mol. The number of nitrogens with two attached hydrogens (primary N) is 1. The molecule has 37 heavy (non-hydrogen) atoms. The summed E-state index contributed by atoms with van der Waals surface area (Å²) in [6.07, 6.45) is 5.32. The van der Waals surface area contributed by atoms with Gasteiger partial charge in [0.1, 0.15) is 5.60 Å². The maximum Gasteiger partial charge on any atom is 0.410 e. The van der Waals surface area contributed by atoms with Crippen molar-refractivity contribution in [1.82, 2.24) is 18.8 Å². The van der Waals surface area contributed by atoms with Crippen molar-refractivity contribution in [3.63, 3.8) is 0 Å². The van der Waals surface area contributed by atoms with Gasteiger partial charge in [-0.05, 0) is 51.8 Å². The zero-order valence-electron chi connectivity index (χ0n) is 21.1. The summed E-state index contributed by atoms with van der Waals surface area (Å²) in [5, 5.41) is 1.29. The Bertz CT molecular complexity index is 1410. The lowest BCUT2D eigenvalue weighted by Gasteiger charge is -2.23. The molecule has 1 saturated heterocycles. The zero-order chi connectivity index (χ0) is 26.6. The van der Waals surface area contributed by atoms with Crippen LogP contribution in [0.2, 0.25) is 5.02 Å². The van der Waals surface area contributed by atoms with Gasteiger partial charge >= 0.3 is 6.09 Å². The van der Waals surface area contributed by atoms with Crippen molar-refractivity contribution in [3.8, 4) is 11.3 Å². The third-order valence-corrected chi connectivity index (χ3v) is 7.19. The van der Waals surface area contributed by atoms with Crippen LogP contribution in [0.4, 0.5) is 10.7 Å². The second kappa shape index (κ2) is 11.3. The lowest BCUT2D eigenvalue weighted by Crippen LogP contribution is -2.34. The molecule has 0 aliphatic carbocycles. The molecule has 0 saturated carbocycles. The smallest absolute Gasteiger partial charge is 0.410 e. The predicted octanol–water partition coefficient (Wildman–Crippen LogP) is 5.92. The number of likely N-dealkylation sites (tertiary alicyclic amines) is 1. The van der Waals surface area contributed by atoms with Gasteiger partial charge in [0.05, 0.1) is 27.3 Å². The summed E-state index contributed by atoms with van der Waals surface area (Å²) in [5.74, 6) is 0.139. The number of hydrogen-bond donors (Lipinski definition) is 1. The Morgan fingerprint density at radius 1 is 1.05 bits per heavy atom. The van der Waals surface area contributed by atoms with Crippen molar-refractivity contribution in [3.05, 3.63) is 72.0 Å². The summed E-state index contributed by atoms with van der Waals surface area (Å²) in [7, 11) is -1.39. The zero-order valence-corrected chi connectivity index (χ0v) is 22.6. The highest BCUT2D eigenvalue weighted by Crippen LogP contribution is 2.34. The number of hydrogen-bond acceptors (Lipinski definition) is 6. The summed E-state index contributed by atoms with van der Waals surface area (Å²) < 4.78 is 20.0. The van der Waals surface area contributed by atoms with E-state index in [-0.39, 0.29) is 17.6 Å².